The third kappa shape index (κ3) is 3.11. The summed E-state index contributed by atoms with van der Waals surface area (Å²) in [5, 5.41) is -0.972. The predicted molar refractivity (Wildman–Crippen MR) is 81.9 cm³/mol. The molecule has 2 atom stereocenters. The Balaban J connectivity index is 2.35. The molecule has 18 heavy (non-hydrogen) atoms. The summed E-state index contributed by atoms with van der Waals surface area (Å²) in [6.07, 6.45) is 2.33. The van der Waals surface area contributed by atoms with Crippen molar-refractivity contribution in [2.45, 2.75) is 29.9 Å². The van der Waals surface area contributed by atoms with E-state index in [-0.39, 0.29) is 5.75 Å². The van der Waals surface area contributed by atoms with Crippen LogP contribution in [-0.2, 0) is 9.84 Å². The molecule has 2 rings (SSSR count). The minimum Gasteiger partial charge on any atom is -0.228 e. The molecule has 1 fully saturated rings. The molecule has 1 aliphatic heterocycles. The summed E-state index contributed by atoms with van der Waals surface area (Å²) in [6.45, 7) is 0. The third-order valence-corrected chi connectivity index (χ3v) is 7.40. The summed E-state index contributed by atoms with van der Waals surface area (Å²) in [4.78, 5) is 0. The van der Waals surface area contributed by atoms with Crippen LogP contribution in [0.25, 0.3) is 0 Å². The van der Waals surface area contributed by atoms with Gasteiger partial charge in [0.15, 0.2) is 9.84 Å². The topological polar surface area (TPSA) is 34.1 Å². The maximum Gasteiger partial charge on any atom is 0.154 e. The molecule has 100 valence electrons. The maximum absolute atomic E-state index is 12.1. The van der Waals surface area contributed by atoms with E-state index >= 15 is 0 Å². The van der Waals surface area contributed by atoms with E-state index in [9.17, 15) is 8.42 Å². The van der Waals surface area contributed by atoms with Gasteiger partial charge >= 0.3 is 0 Å². The van der Waals surface area contributed by atoms with Gasteiger partial charge < -0.3 is 0 Å². The van der Waals surface area contributed by atoms with Gasteiger partial charge in [0.1, 0.15) is 0 Å². The second kappa shape index (κ2) is 5.81. The molecule has 2 unspecified atom stereocenters. The highest BCUT2D eigenvalue weighted by Gasteiger charge is 2.36. The monoisotopic (exact) mass is 414 g/mol. The first-order valence-corrected chi connectivity index (χ1v) is 9.46. The minimum absolute atomic E-state index is 0.256. The molecular weight excluding hydrogens is 403 g/mol. The molecule has 2 nitrogen and oxygen atoms in total. The van der Waals surface area contributed by atoms with Gasteiger partial charge in [-0.2, -0.15) is 0 Å². The summed E-state index contributed by atoms with van der Waals surface area (Å²) in [5.41, 5.74) is 0.835. The third-order valence-electron chi connectivity index (χ3n) is 3.21. The van der Waals surface area contributed by atoms with Crippen molar-refractivity contribution in [1.82, 2.24) is 0 Å². The maximum atomic E-state index is 12.1. The van der Waals surface area contributed by atoms with Crippen molar-refractivity contribution in [3.63, 3.8) is 0 Å². The highest BCUT2D eigenvalue weighted by Crippen LogP contribution is 2.39. The van der Waals surface area contributed by atoms with Crippen molar-refractivity contribution in [1.29, 1.82) is 0 Å². The van der Waals surface area contributed by atoms with Crippen molar-refractivity contribution < 1.29 is 8.42 Å². The Hall–Kier alpha value is 0.420. The van der Waals surface area contributed by atoms with Crippen LogP contribution < -0.4 is 0 Å². The molecule has 0 saturated carbocycles. The van der Waals surface area contributed by atoms with Gasteiger partial charge in [0.2, 0.25) is 0 Å². The zero-order valence-corrected chi connectivity index (χ0v) is 14.3. The first-order valence-electron chi connectivity index (χ1n) is 5.72. The van der Waals surface area contributed by atoms with Gasteiger partial charge in [-0.25, -0.2) is 8.42 Å². The SMILES string of the molecule is O=S1(=O)CCCCC1C(Cl)c1cc(Br)ccc1Br. The van der Waals surface area contributed by atoms with Crippen molar-refractivity contribution in [3.8, 4) is 0 Å². The number of rotatable bonds is 2. The van der Waals surface area contributed by atoms with Crippen LogP contribution in [0.4, 0.5) is 0 Å². The van der Waals surface area contributed by atoms with Crippen LogP contribution in [-0.4, -0.2) is 19.4 Å². The number of halogens is 3. The molecule has 1 aromatic carbocycles. The Bertz CT molecular complexity index is 545. The lowest BCUT2D eigenvalue weighted by atomic mass is 10.0. The van der Waals surface area contributed by atoms with Gasteiger partial charge in [0, 0.05) is 8.95 Å². The van der Waals surface area contributed by atoms with E-state index in [2.05, 4.69) is 31.9 Å². The quantitative estimate of drug-likeness (QED) is 0.667. The summed E-state index contributed by atoms with van der Waals surface area (Å²) >= 11 is 13.2. The average molecular weight is 417 g/mol. The van der Waals surface area contributed by atoms with E-state index in [0.717, 1.165) is 27.4 Å². The van der Waals surface area contributed by atoms with E-state index in [0.29, 0.717) is 6.42 Å². The van der Waals surface area contributed by atoms with Crippen LogP contribution in [0, 0.1) is 0 Å². The van der Waals surface area contributed by atoms with Crippen LogP contribution in [0.5, 0.6) is 0 Å². The Morgan fingerprint density at radius 2 is 2.00 bits per heavy atom. The highest BCUT2D eigenvalue weighted by atomic mass is 79.9. The molecule has 0 aliphatic carbocycles. The number of alkyl halides is 1. The fourth-order valence-corrected chi connectivity index (χ4v) is 5.96. The van der Waals surface area contributed by atoms with Crippen molar-refractivity contribution in [2.75, 3.05) is 5.75 Å². The van der Waals surface area contributed by atoms with Gasteiger partial charge in [-0.1, -0.05) is 38.3 Å². The largest absolute Gasteiger partial charge is 0.228 e. The standard InChI is InChI=1S/C12H13Br2ClO2S/c13-8-4-5-10(14)9(7-8)12(15)11-3-1-2-6-18(11,16)17/h4-5,7,11-12H,1-3,6H2. The van der Waals surface area contributed by atoms with Crippen LogP contribution in [0.1, 0.15) is 30.2 Å². The van der Waals surface area contributed by atoms with Gasteiger partial charge in [-0.15, -0.1) is 11.6 Å². The Labute approximate surface area is 129 Å². The second-order valence-electron chi connectivity index (χ2n) is 4.47. The highest BCUT2D eigenvalue weighted by molar-refractivity contribution is 9.11. The van der Waals surface area contributed by atoms with Gasteiger partial charge in [0.05, 0.1) is 16.4 Å². The number of benzene rings is 1. The molecule has 0 N–H and O–H groups in total. The molecule has 0 aromatic heterocycles. The molecule has 0 bridgehead atoms. The molecule has 0 spiro atoms. The van der Waals surface area contributed by atoms with E-state index in [1.807, 2.05) is 18.2 Å². The van der Waals surface area contributed by atoms with Crippen LogP contribution >= 0.6 is 43.5 Å². The van der Waals surface area contributed by atoms with Crippen LogP contribution in [0.3, 0.4) is 0 Å². The van der Waals surface area contributed by atoms with Crippen molar-refractivity contribution in [3.05, 3.63) is 32.7 Å². The van der Waals surface area contributed by atoms with E-state index in [4.69, 9.17) is 11.6 Å². The number of hydrogen-bond donors (Lipinski definition) is 0. The smallest absolute Gasteiger partial charge is 0.154 e. The van der Waals surface area contributed by atoms with Gasteiger partial charge in [0.25, 0.3) is 0 Å². The first-order chi connectivity index (χ1) is 8.42. The van der Waals surface area contributed by atoms with Gasteiger partial charge in [-0.3, -0.25) is 0 Å². The fourth-order valence-electron chi connectivity index (χ4n) is 2.23. The molecule has 1 aliphatic rings. The van der Waals surface area contributed by atoms with Crippen molar-refractivity contribution in [2.24, 2.45) is 0 Å². The first kappa shape index (κ1) is 14.8. The predicted octanol–water partition coefficient (Wildman–Crippen LogP) is 4.46. The number of hydrogen-bond acceptors (Lipinski definition) is 2. The normalized spacial score (nSPS) is 24.7. The summed E-state index contributed by atoms with van der Waals surface area (Å²) < 4.78 is 25.9. The lowest BCUT2D eigenvalue weighted by Gasteiger charge is -2.27. The lowest BCUT2D eigenvalue weighted by Crippen LogP contribution is -2.32. The fraction of sp³-hybridized carbons (Fsp3) is 0.500. The number of sulfone groups is 1. The average Bonchev–Trinajstić information content (AvgIpc) is 2.31. The molecule has 1 aromatic rings. The molecule has 0 radical (unpaired) electrons. The second-order valence-corrected chi connectivity index (χ2v) is 9.05. The Morgan fingerprint density at radius 1 is 1.28 bits per heavy atom. The molecule has 1 heterocycles. The molecule has 0 amide bonds. The van der Waals surface area contributed by atoms with Crippen molar-refractivity contribution >= 4 is 53.3 Å². The molecule has 6 heteroatoms. The molecular formula is C12H13Br2ClO2S. The van der Waals surface area contributed by atoms with Crippen LogP contribution in [0.15, 0.2) is 27.1 Å². The Kier molecular flexibility index (Phi) is 4.79. The van der Waals surface area contributed by atoms with E-state index in [1.54, 1.807) is 0 Å². The van der Waals surface area contributed by atoms with E-state index in [1.165, 1.54) is 0 Å². The van der Waals surface area contributed by atoms with E-state index < -0.39 is 20.5 Å². The van der Waals surface area contributed by atoms with Crippen LogP contribution in [0.2, 0.25) is 0 Å². The zero-order chi connectivity index (χ0) is 13.3. The molecule has 1 saturated heterocycles. The van der Waals surface area contributed by atoms with Gasteiger partial charge in [-0.05, 0) is 36.6 Å². The zero-order valence-electron chi connectivity index (χ0n) is 9.57. The lowest BCUT2D eigenvalue weighted by molar-refractivity contribution is 0.533. The summed E-state index contributed by atoms with van der Waals surface area (Å²) in [6, 6.07) is 5.66. The summed E-state index contributed by atoms with van der Waals surface area (Å²) in [7, 11) is -3.07. The summed E-state index contributed by atoms with van der Waals surface area (Å²) in [5.74, 6) is 0.256. The Morgan fingerprint density at radius 3 is 2.67 bits per heavy atom. The minimum atomic E-state index is -3.07.